The molecule has 0 fully saturated rings. The van der Waals surface area contributed by atoms with Crippen LogP contribution in [0, 0.1) is 5.92 Å². The minimum absolute atomic E-state index is 0.145. The first-order valence-electron chi connectivity index (χ1n) is 11.2. The normalized spacial score (nSPS) is 15.5. The van der Waals surface area contributed by atoms with E-state index in [4.69, 9.17) is 9.47 Å². The van der Waals surface area contributed by atoms with Gasteiger partial charge in [-0.2, -0.15) is 5.10 Å². The third kappa shape index (κ3) is 5.08. The number of nitrogens with one attached hydrogen (secondary N) is 1. The Morgan fingerprint density at radius 3 is 2.88 bits per heavy atom. The minimum Gasteiger partial charge on any atom is -0.490 e. The van der Waals surface area contributed by atoms with Crippen LogP contribution in [-0.2, 0) is 24.2 Å². The molecule has 1 aromatic carbocycles. The predicted octanol–water partition coefficient (Wildman–Crippen LogP) is 3.53. The number of aryl methyl sites for hydroxylation is 1. The molecule has 1 amide bonds. The van der Waals surface area contributed by atoms with Crippen molar-refractivity contribution in [3.05, 3.63) is 50.9 Å². The molecular formula is C24H28N4O4S. The molecule has 1 unspecified atom stereocenters. The molecule has 1 atom stereocenters. The summed E-state index contributed by atoms with van der Waals surface area (Å²) in [5, 5.41) is 4.69. The summed E-state index contributed by atoms with van der Waals surface area (Å²) in [4.78, 5) is 31.9. The lowest BCUT2D eigenvalue weighted by molar-refractivity contribution is -0.121. The number of hydrogen-bond donors (Lipinski definition) is 1. The monoisotopic (exact) mass is 468 g/mol. The van der Waals surface area contributed by atoms with E-state index >= 15 is 0 Å². The molecule has 1 N–H and O–H groups in total. The lowest BCUT2D eigenvalue weighted by Crippen LogP contribution is -2.30. The van der Waals surface area contributed by atoms with Gasteiger partial charge < -0.3 is 9.47 Å². The molecule has 4 rings (SSSR count). The Hall–Kier alpha value is -3.20. The maximum absolute atomic E-state index is 13.0. The standard InChI is InChI=1S/C24H28N4O4S/c1-4-31-18-9-7-16(11-19(18)32-5-2)12-26-27-21(29)13-28-14-25-23-22(24(28)30)17-8-6-15(3)10-20(17)33-23/h7,9,11-12,14-15H,4-6,8,10,13H2,1-3H3,(H,27,29). The van der Waals surface area contributed by atoms with Crippen molar-refractivity contribution in [2.45, 2.75) is 46.6 Å². The molecule has 2 heterocycles. The number of nitrogens with zero attached hydrogens (tertiary/aromatic N) is 3. The van der Waals surface area contributed by atoms with E-state index in [2.05, 4.69) is 22.4 Å². The first-order chi connectivity index (χ1) is 16.0. The average molecular weight is 469 g/mol. The van der Waals surface area contributed by atoms with E-state index in [-0.39, 0.29) is 12.1 Å². The van der Waals surface area contributed by atoms with Gasteiger partial charge in [0.25, 0.3) is 11.5 Å². The molecule has 0 aliphatic heterocycles. The summed E-state index contributed by atoms with van der Waals surface area (Å²) in [5.41, 5.74) is 4.18. The number of hydrogen-bond acceptors (Lipinski definition) is 7. The zero-order valence-corrected chi connectivity index (χ0v) is 19.9. The van der Waals surface area contributed by atoms with Crippen LogP contribution < -0.4 is 20.5 Å². The van der Waals surface area contributed by atoms with Gasteiger partial charge in [0, 0.05) is 4.88 Å². The Morgan fingerprint density at radius 1 is 1.30 bits per heavy atom. The summed E-state index contributed by atoms with van der Waals surface area (Å²) in [7, 11) is 0. The molecule has 3 aromatic rings. The lowest BCUT2D eigenvalue weighted by Gasteiger charge is -2.17. The number of rotatable bonds is 8. The summed E-state index contributed by atoms with van der Waals surface area (Å²) >= 11 is 1.60. The van der Waals surface area contributed by atoms with Crippen molar-refractivity contribution >= 4 is 33.7 Å². The number of carbonyl (C=O) groups is 1. The first-order valence-corrected chi connectivity index (χ1v) is 12.0. The van der Waals surface area contributed by atoms with Gasteiger partial charge in [0.05, 0.1) is 31.1 Å². The second-order valence-corrected chi connectivity index (χ2v) is 9.16. The number of hydrazone groups is 1. The molecule has 1 aliphatic carbocycles. The molecule has 0 saturated heterocycles. The van der Waals surface area contributed by atoms with Gasteiger partial charge >= 0.3 is 0 Å². The van der Waals surface area contributed by atoms with Crippen molar-refractivity contribution in [2.24, 2.45) is 11.0 Å². The highest BCUT2D eigenvalue weighted by atomic mass is 32.1. The van der Waals surface area contributed by atoms with Crippen LogP contribution in [0.25, 0.3) is 10.2 Å². The zero-order valence-electron chi connectivity index (χ0n) is 19.1. The fourth-order valence-electron chi connectivity index (χ4n) is 4.00. The van der Waals surface area contributed by atoms with Gasteiger partial charge in [-0.15, -0.1) is 11.3 Å². The predicted molar refractivity (Wildman–Crippen MR) is 130 cm³/mol. The molecule has 0 radical (unpaired) electrons. The van der Waals surface area contributed by atoms with Crippen LogP contribution in [0.4, 0.5) is 0 Å². The van der Waals surface area contributed by atoms with Crippen molar-refractivity contribution in [1.29, 1.82) is 0 Å². The van der Waals surface area contributed by atoms with Crippen LogP contribution in [-0.4, -0.2) is 34.9 Å². The largest absolute Gasteiger partial charge is 0.490 e. The van der Waals surface area contributed by atoms with Crippen molar-refractivity contribution < 1.29 is 14.3 Å². The number of fused-ring (bicyclic) bond motifs is 3. The van der Waals surface area contributed by atoms with Gasteiger partial charge in [-0.3, -0.25) is 14.2 Å². The third-order valence-corrected chi connectivity index (χ3v) is 6.73. The number of ether oxygens (including phenoxy) is 2. The molecular weight excluding hydrogens is 440 g/mol. The quantitative estimate of drug-likeness (QED) is 0.403. The van der Waals surface area contributed by atoms with E-state index < -0.39 is 5.91 Å². The van der Waals surface area contributed by atoms with E-state index in [1.54, 1.807) is 23.5 Å². The van der Waals surface area contributed by atoms with Crippen LogP contribution in [0.2, 0.25) is 0 Å². The Bertz CT molecular complexity index is 1250. The summed E-state index contributed by atoms with van der Waals surface area (Å²) in [6, 6.07) is 5.43. The van der Waals surface area contributed by atoms with E-state index in [9.17, 15) is 9.59 Å². The van der Waals surface area contributed by atoms with Gasteiger partial charge in [-0.05, 0) is 68.4 Å². The highest BCUT2D eigenvalue weighted by Crippen LogP contribution is 2.35. The zero-order chi connectivity index (χ0) is 23.4. The van der Waals surface area contributed by atoms with Crippen LogP contribution in [0.5, 0.6) is 11.5 Å². The second-order valence-electron chi connectivity index (χ2n) is 8.07. The van der Waals surface area contributed by atoms with Gasteiger partial charge in [-0.25, -0.2) is 10.4 Å². The maximum atomic E-state index is 13.0. The smallest absolute Gasteiger partial charge is 0.262 e. The van der Waals surface area contributed by atoms with E-state index in [0.717, 1.165) is 35.2 Å². The third-order valence-electron chi connectivity index (χ3n) is 5.57. The van der Waals surface area contributed by atoms with Crippen molar-refractivity contribution in [1.82, 2.24) is 15.0 Å². The summed E-state index contributed by atoms with van der Waals surface area (Å²) in [6.07, 6.45) is 5.91. The number of carbonyl (C=O) groups excluding carboxylic acids is 1. The topological polar surface area (TPSA) is 94.8 Å². The van der Waals surface area contributed by atoms with Crippen molar-refractivity contribution in [3.63, 3.8) is 0 Å². The molecule has 1 aliphatic rings. The van der Waals surface area contributed by atoms with E-state index in [1.807, 2.05) is 19.9 Å². The van der Waals surface area contributed by atoms with Crippen LogP contribution >= 0.6 is 11.3 Å². The van der Waals surface area contributed by atoms with Crippen LogP contribution in [0.3, 0.4) is 0 Å². The number of benzene rings is 1. The average Bonchev–Trinajstić information content (AvgIpc) is 3.16. The van der Waals surface area contributed by atoms with Crippen molar-refractivity contribution in [3.8, 4) is 11.5 Å². The molecule has 33 heavy (non-hydrogen) atoms. The number of thiophene rings is 1. The molecule has 8 nitrogen and oxygen atoms in total. The Kier molecular flexibility index (Phi) is 7.08. The van der Waals surface area contributed by atoms with Crippen LogP contribution in [0.1, 0.15) is 43.2 Å². The summed E-state index contributed by atoms with van der Waals surface area (Å²) in [6.45, 7) is 6.94. The highest BCUT2D eigenvalue weighted by Gasteiger charge is 2.23. The van der Waals surface area contributed by atoms with Crippen LogP contribution in [0.15, 0.2) is 34.4 Å². The Morgan fingerprint density at radius 2 is 2.09 bits per heavy atom. The lowest BCUT2D eigenvalue weighted by atomic mass is 9.89. The summed E-state index contributed by atoms with van der Waals surface area (Å²) in [5.74, 6) is 1.50. The highest BCUT2D eigenvalue weighted by molar-refractivity contribution is 7.18. The van der Waals surface area contributed by atoms with Gasteiger partial charge in [0.1, 0.15) is 11.4 Å². The fourth-order valence-corrected chi connectivity index (χ4v) is 5.34. The van der Waals surface area contributed by atoms with E-state index in [1.165, 1.54) is 22.0 Å². The van der Waals surface area contributed by atoms with Crippen molar-refractivity contribution in [2.75, 3.05) is 13.2 Å². The van der Waals surface area contributed by atoms with Gasteiger partial charge in [0.15, 0.2) is 11.5 Å². The molecule has 0 bridgehead atoms. The second kappa shape index (κ2) is 10.2. The molecule has 174 valence electrons. The maximum Gasteiger partial charge on any atom is 0.262 e. The number of aromatic nitrogens is 2. The minimum atomic E-state index is -0.400. The molecule has 0 spiro atoms. The summed E-state index contributed by atoms with van der Waals surface area (Å²) < 4.78 is 12.5. The van der Waals surface area contributed by atoms with E-state index in [0.29, 0.717) is 36.0 Å². The van der Waals surface area contributed by atoms with Gasteiger partial charge in [0.2, 0.25) is 0 Å². The Labute approximate surface area is 196 Å². The number of amides is 1. The molecule has 0 saturated carbocycles. The molecule has 9 heteroatoms. The Balaban J connectivity index is 1.45. The fraction of sp³-hybridized carbons (Fsp3) is 0.417. The van der Waals surface area contributed by atoms with Gasteiger partial charge in [-0.1, -0.05) is 6.92 Å². The molecule has 2 aromatic heterocycles. The first kappa shape index (κ1) is 23.0. The SMILES string of the molecule is CCOc1ccc(C=NNC(=O)Cn2cnc3sc4c(c3c2=O)CCC(C)C4)cc1OCC.